The second-order valence-electron chi connectivity index (χ2n) is 6.19. The summed E-state index contributed by atoms with van der Waals surface area (Å²) in [5.41, 5.74) is 4.18. The Balaban J connectivity index is 1.69. The average molecular weight is 336 g/mol. The van der Waals surface area contributed by atoms with Gasteiger partial charge in [-0.25, -0.2) is 14.1 Å². The lowest BCUT2D eigenvalue weighted by Gasteiger charge is -2.05. The van der Waals surface area contributed by atoms with Gasteiger partial charge in [-0.1, -0.05) is 0 Å². The largest absolute Gasteiger partial charge is 0.305 e. The summed E-state index contributed by atoms with van der Waals surface area (Å²) in [7, 11) is 0. The van der Waals surface area contributed by atoms with Crippen LogP contribution in [-0.4, -0.2) is 20.7 Å². The van der Waals surface area contributed by atoms with Crippen molar-refractivity contribution in [1.29, 1.82) is 0 Å². The summed E-state index contributed by atoms with van der Waals surface area (Å²) in [5.74, 6) is -0.0544. The third-order valence-electron chi connectivity index (χ3n) is 4.37. The van der Waals surface area contributed by atoms with Crippen LogP contribution in [0.1, 0.15) is 33.7 Å². The molecule has 0 fully saturated rings. The predicted molar refractivity (Wildman–Crippen MR) is 92.5 cm³/mol. The van der Waals surface area contributed by atoms with E-state index in [1.165, 1.54) is 12.1 Å². The van der Waals surface area contributed by atoms with Crippen molar-refractivity contribution in [1.82, 2.24) is 14.8 Å². The number of benzene rings is 1. The summed E-state index contributed by atoms with van der Waals surface area (Å²) < 4.78 is 14.9. The molecule has 0 bridgehead atoms. The van der Waals surface area contributed by atoms with Crippen LogP contribution in [0.3, 0.4) is 0 Å². The van der Waals surface area contributed by atoms with Gasteiger partial charge in [-0.2, -0.15) is 5.10 Å². The van der Waals surface area contributed by atoms with E-state index in [1.807, 2.05) is 19.1 Å². The highest BCUT2D eigenvalue weighted by Gasteiger charge is 2.27. The third-order valence-corrected chi connectivity index (χ3v) is 4.37. The third kappa shape index (κ3) is 2.91. The molecular weight excluding hydrogens is 319 g/mol. The Hall–Kier alpha value is -3.02. The SMILES string of the molecule is Cc1ccnc(NC(=O)c2nn(-c3ccc(F)cc3)c3c2CCC3)c1. The Morgan fingerprint density at radius 1 is 1.20 bits per heavy atom. The van der Waals surface area contributed by atoms with Crippen LogP contribution < -0.4 is 5.32 Å². The van der Waals surface area contributed by atoms with Gasteiger partial charge < -0.3 is 5.32 Å². The van der Waals surface area contributed by atoms with E-state index in [4.69, 9.17) is 0 Å². The molecule has 0 spiro atoms. The van der Waals surface area contributed by atoms with Gasteiger partial charge in [0.05, 0.1) is 5.69 Å². The number of halogens is 1. The van der Waals surface area contributed by atoms with Crippen molar-refractivity contribution in [2.75, 3.05) is 5.32 Å². The number of aromatic nitrogens is 3. The van der Waals surface area contributed by atoms with E-state index in [2.05, 4.69) is 15.4 Å². The highest BCUT2D eigenvalue weighted by Crippen LogP contribution is 2.28. The van der Waals surface area contributed by atoms with Crippen LogP contribution in [0.15, 0.2) is 42.6 Å². The molecule has 6 heteroatoms. The van der Waals surface area contributed by atoms with Gasteiger partial charge in [0.2, 0.25) is 0 Å². The molecule has 0 saturated carbocycles. The van der Waals surface area contributed by atoms with Crippen LogP contribution in [0.2, 0.25) is 0 Å². The van der Waals surface area contributed by atoms with Crippen molar-refractivity contribution in [2.24, 2.45) is 0 Å². The number of hydrogen-bond donors (Lipinski definition) is 1. The first kappa shape index (κ1) is 15.5. The molecule has 1 N–H and O–H groups in total. The number of aryl methyl sites for hydroxylation is 1. The van der Waals surface area contributed by atoms with Crippen LogP contribution in [0.25, 0.3) is 5.69 Å². The Kier molecular flexibility index (Phi) is 3.80. The Labute approximate surface area is 144 Å². The lowest BCUT2D eigenvalue weighted by atomic mass is 10.2. The first-order valence-electron chi connectivity index (χ1n) is 8.22. The van der Waals surface area contributed by atoms with Crippen LogP contribution in [0, 0.1) is 12.7 Å². The van der Waals surface area contributed by atoms with E-state index in [0.29, 0.717) is 11.5 Å². The highest BCUT2D eigenvalue weighted by atomic mass is 19.1. The van der Waals surface area contributed by atoms with Gasteiger partial charge in [0.15, 0.2) is 5.69 Å². The number of fused-ring (bicyclic) bond motifs is 1. The van der Waals surface area contributed by atoms with E-state index in [9.17, 15) is 9.18 Å². The summed E-state index contributed by atoms with van der Waals surface area (Å²) in [5, 5.41) is 7.32. The molecule has 0 unspecified atom stereocenters. The molecule has 0 saturated heterocycles. The number of carbonyl (C=O) groups excluding carboxylic acids is 1. The molecule has 4 rings (SSSR count). The quantitative estimate of drug-likeness (QED) is 0.797. The van der Waals surface area contributed by atoms with Crippen molar-refractivity contribution in [3.8, 4) is 5.69 Å². The zero-order valence-corrected chi connectivity index (χ0v) is 13.8. The fourth-order valence-corrected chi connectivity index (χ4v) is 3.20. The fourth-order valence-electron chi connectivity index (χ4n) is 3.20. The van der Waals surface area contributed by atoms with Gasteiger partial charge in [-0.15, -0.1) is 0 Å². The lowest BCUT2D eigenvalue weighted by Crippen LogP contribution is -2.15. The van der Waals surface area contributed by atoms with E-state index in [-0.39, 0.29) is 11.7 Å². The van der Waals surface area contributed by atoms with Gasteiger partial charge >= 0.3 is 0 Å². The van der Waals surface area contributed by atoms with Crippen LogP contribution in [-0.2, 0) is 12.8 Å². The predicted octanol–water partition coefficient (Wildman–Crippen LogP) is 3.46. The van der Waals surface area contributed by atoms with Gasteiger partial charge in [0.25, 0.3) is 5.91 Å². The lowest BCUT2D eigenvalue weighted by molar-refractivity contribution is 0.102. The molecule has 0 radical (unpaired) electrons. The average Bonchev–Trinajstić information content (AvgIpc) is 3.18. The molecule has 0 aliphatic heterocycles. The van der Waals surface area contributed by atoms with E-state index in [0.717, 1.165) is 41.8 Å². The number of carbonyl (C=O) groups is 1. The van der Waals surface area contributed by atoms with Gasteiger partial charge in [0, 0.05) is 17.5 Å². The monoisotopic (exact) mass is 336 g/mol. The van der Waals surface area contributed by atoms with Crippen LogP contribution >= 0.6 is 0 Å². The van der Waals surface area contributed by atoms with Crippen molar-refractivity contribution >= 4 is 11.7 Å². The molecule has 1 aliphatic carbocycles. The fraction of sp³-hybridized carbons (Fsp3) is 0.211. The standard InChI is InChI=1S/C19H17FN4O/c1-12-9-10-21-17(11-12)22-19(25)18-15-3-2-4-16(15)24(23-18)14-7-5-13(20)6-8-14/h5-11H,2-4H2,1H3,(H,21,22,25). The minimum atomic E-state index is -0.295. The minimum Gasteiger partial charge on any atom is -0.305 e. The molecule has 2 aromatic heterocycles. The van der Waals surface area contributed by atoms with Crippen molar-refractivity contribution < 1.29 is 9.18 Å². The maximum absolute atomic E-state index is 13.2. The first-order valence-corrected chi connectivity index (χ1v) is 8.22. The topological polar surface area (TPSA) is 59.8 Å². The van der Waals surface area contributed by atoms with Crippen molar-refractivity contribution in [2.45, 2.75) is 26.2 Å². The highest BCUT2D eigenvalue weighted by molar-refractivity contribution is 6.03. The molecule has 1 aromatic carbocycles. The zero-order chi connectivity index (χ0) is 17.4. The summed E-state index contributed by atoms with van der Waals surface area (Å²) in [6.45, 7) is 1.94. The Morgan fingerprint density at radius 3 is 2.76 bits per heavy atom. The molecule has 0 atom stereocenters. The van der Waals surface area contributed by atoms with E-state index >= 15 is 0 Å². The summed E-state index contributed by atoms with van der Waals surface area (Å²) in [4.78, 5) is 16.9. The maximum atomic E-state index is 13.2. The molecule has 1 amide bonds. The van der Waals surface area contributed by atoms with Crippen LogP contribution in [0.4, 0.5) is 10.2 Å². The normalized spacial score (nSPS) is 12.9. The number of pyridine rings is 1. The Bertz CT molecular complexity index is 947. The van der Waals surface area contributed by atoms with Gasteiger partial charge in [0.1, 0.15) is 11.6 Å². The van der Waals surface area contributed by atoms with Crippen molar-refractivity contribution in [3.63, 3.8) is 0 Å². The number of nitrogens with zero attached hydrogens (tertiary/aromatic N) is 3. The maximum Gasteiger partial charge on any atom is 0.277 e. The zero-order valence-electron chi connectivity index (χ0n) is 13.8. The summed E-state index contributed by atoms with van der Waals surface area (Å²) in [6.07, 6.45) is 4.32. The molecule has 5 nitrogen and oxygen atoms in total. The van der Waals surface area contributed by atoms with Gasteiger partial charge in [-0.3, -0.25) is 4.79 Å². The van der Waals surface area contributed by atoms with Gasteiger partial charge in [-0.05, 0) is 68.1 Å². The second-order valence-corrected chi connectivity index (χ2v) is 6.19. The molecular formula is C19H17FN4O. The van der Waals surface area contributed by atoms with Crippen molar-refractivity contribution in [3.05, 3.63) is 70.9 Å². The van der Waals surface area contributed by atoms with E-state index in [1.54, 1.807) is 23.0 Å². The summed E-state index contributed by atoms with van der Waals surface area (Å²) >= 11 is 0. The second kappa shape index (κ2) is 6.12. The number of nitrogens with one attached hydrogen (secondary N) is 1. The molecule has 25 heavy (non-hydrogen) atoms. The number of rotatable bonds is 3. The molecule has 2 heterocycles. The first-order chi connectivity index (χ1) is 12.1. The number of anilines is 1. The summed E-state index contributed by atoms with van der Waals surface area (Å²) in [6, 6.07) is 9.82. The smallest absolute Gasteiger partial charge is 0.277 e. The number of amides is 1. The minimum absolute atomic E-state index is 0.267. The Morgan fingerprint density at radius 2 is 2.00 bits per heavy atom. The van der Waals surface area contributed by atoms with E-state index < -0.39 is 0 Å². The molecule has 126 valence electrons. The number of hydrogen-bond acceptors (Lipinski definition) is 3. The molecule has 1 aliphatic rings. The molecule has 3 aromatic rings. The van der Waals surface area contributed by atoms with Crippen LogP contribution in [0.5, 0.6) is 0 Å².